The molecule has 1 aromatic carbocycles. The van der Waals surface area contributed by atoms with Gasteiger partial charge in [-0.3, -0.25) is 9.59 Å². The molecule has 1 aliphatic rings. The fraction of sp³-hybridized carbons (Fsp3) is 0.471. The summed E-state index contributed by atoms with van der Waals surface area (Å²) in [4.78, 5) is 26.0. The second kappa shape index (κ2) is 6.80. The Morgan fingerprint density at radius 1 is 1.39 bits per heavy atom. The fourth-order valence-corrected chi connectivity index (χ4v) is 2.71. The standard InChI is InChI=1S/C17H21N3O3/c1-12-10-20(11-17(2,3)23-12)15(21)9-19-16(22)14-6-4-13(8-18)5-7-14/h4-7,12H,9-11H2,1-3H3,(H,19,22). The van der Waals surface area contributed by atoms with Crippen LogP contribution in [0, 0.1) is 11.3 Å². The third kappa shape index (κ3) is 4.54. The smallest absolute Gasteiger partial charge is 0.251 e. The molecule has 0 bridgehead atoms. The summed E-state index contributed by atoms with van der Waals surface area (Å²) in [6, 6.07) is 8.27. The van der Waals surface area contributed by atoms with Crippen molar-refractivity contribution < 1.29 is 14.3 Å². The van der Waals surface area contributed by atoms with Crippen LogP contribution >= 0.6 is 0 Å². The summed E-state index contributed by atoms with van der Waals surface area (Å²) in [5.74, 6) is -0.460. The molecule has 122 valence electrons. The van der Waals surface area contributed by atoms with Crippen LogP contribution in [-0.4, -0.2) is 48.1 Å². The molecular formula is C17H21N3O3. The zero-order valence-electron chi connectivity index (χ0n) is 13.6. The second-order valence-electron chi connectivity index (χ2n) is 6.33. The molecule has 1 aromatic rings. The number of nitrogens with one attached hydrogen (secondary N) is 1. The van der Waals surface area contributed by atoms with Crippen LogP contribution in [0.1, 0.15) is 36.7 Å². The molecule has 0 spiro atoms. The summed E-state index contributed by atoms with van der Waals surface area (Å²) in [6.45, 7) is 6.78. The molecule has 1 N–H and O–H groups in total. The van der Waals surface area contributed by atoms with Crippen molar-refractivity contribution in [3.05, 3.63) is 35.4 Å². The molecule has 23 heavy (non-hydrogen) atoms. The quantitative estimate of drug-likeness (QED) is 0.912. The van der Waals surface area contributed by atoms with Crippen molar-refractivity contribution in [2.45, 2.75) is 32.5 Å². The zero-order chi connectivity index (χ0) is 17.0. The molecule has 0 aromatic heterocycles. The molecule has 0 saturated carbocycles. The van der Waals surface area contributed by atoms with E-state index in [9.17, 15) is 9.59 Å². The maximum Gasteiger partial charge on any atom is 0.251 e. The minimum atomic E-state index is -0.384. The molecule has 1 aliphatic heterocycles. The number of amides is 2. The van der Waals surface area contributed by atoms with Crippen molar-refractivity contribution >= 4 is 11.8 Å². The highest BCUT2D eigenvalue weighted by molar-refractivity contribution is 5.96. The number of morpholine rings is 1. The van der Waals surface area contributed by atoms with E-state index >= 15 is 0 Å². The number of hydrogen-bond donors (Lipinski definition) is 1. The van der Waals surface area contributed by atoms with Gasteiger partial charge >= 0.3 is 0 Å². The van der Waals surface area contributed by atoms with E-state index in [-0.39, 0.29) is 30.1 Å². The lowest BCUT2D eigenvalue weighted by Crippen LogP contribution is -2.55. The van der Waals surface area contributed by atoms with Crippen LogP contribution in [-0.2, 0) is 9.53 Å². The first-order valence-electron chi connectivity index (χ1n) is 7.55. The number of hydrogen-bond acceptors (Lipinski definition) is 4. The molecular weight excluding hydrogens is 294 g/mol. The van der Waals surface area contributed by atoms with Gasteiger partial charge in [-0.05, 0) is 45.0 Å². The third-order valence-electron chi connectivity index (χ3n) is 3.60. The van der Waals surface area contributed by atoms with Gasteiger partial charge in [-0.15, -0.1) is 0 Å². The van der Waals surface area contributed by atoms with E-state index in [1.807, 2.05) is 26.8 Å². The van der Waals surface area contributed by atoms with Crippen LogP contribution in [0.2, 0.25) is 0 Å². The van der Waals surface area contributed by atoms with Gasteiger partial charge in [0.15, 0.2) is 0 Å². The third-order valence-corrected chi connectivity index (χ3v) is 3.60. The van der Waals surface area contributed by atoms with Crippen LogP contribution in [0.4, 0.5) is 0 Å². The number of rotatable bonds is 3. The molecule has 1 heterocycles. The van der Waals surface area contributed by atoms with E-state index in [0.717, 1.165) is 0 Å². The largest absolute Gasteiger partial charge is 0.369 e. The molecule has 1 unspecified atom stereocenters. The molecule has 2 rings (SSSR count). The second-order valence-corrected chi connectivity index (χ2v) is 6.33. The van der Waals surface area contributed by atoms with Crippen LogP contribution in [0.25, 0.3) is 0 Å². The summed E-state index contributed by atoms with van der Waals surface area (Å²) >= 11 is 0. The lowest BCUT2D eigenvalue weighted by atomic mass is 10.1. The predicted octanol–water partition coefficient (Wildman–Crippen LogP) is 1.31. The molecule has 0 aliphatic carbocycles. The number of nitrogens with zero attached hydrogens (tertiary/aromatic N) is 2. The van der Waals surface area contributed by atoms with E-state index in [4.69, 9.17) is 10.00 Å². The minimum Gasteiger partial charge on any atom is -0.369 e. The van der Waals surface area contributed by atoms with Gasteiger partial charge in [-0.25, -0.2) is 0 Å². The summed E-state index contributed by atoms with van der Waals surface area (Å²) in [5.41, 5.74) is 0.527. The first-order chi connectivity index (χ1) is 10.8. The van der Waals surface area contributed by atoms with Gasteiger partial charge in [0.2, 0.25) is 5.91 Å². The van der Waals surface area contributed by atoms with Crippen LogP contribution < -0.4 is 5.32 Å². The number of carbonyl (C=O) groups is 2. The van der Waals surface area contributed by atoms with E-state index < -0.39 is 0 Å². The summed E-state index contributed by atoms with van der Waals surface area (Å²) in [7, 11) is 0. The Morgan fingerprint density at radius 3 is 2.61 bits per heavy atom. The van der Waals surface area contributed by atoms with Crippen molar-refractivity contribution in [1.29, 1.82) is 5.26 Å². The van der Waals surface area contributed by atoms with Gasteiger partial charge < -0.3 is 15.0 Å². The number of benzene rings is 1. The lowest BCUT2D eigenvalue weighted by Gasteiger charge is -2.41. The van der Waals surface area contributed by atoms with Gasteiger partial charge in [0.05, 0.1) is 29.9 Å². The minimum absolute atomic E-state index is 0.0306. The Bertz CT molecular complexity index is 631. The maximum atomic E-state index is 12.3. The van der Waals surface area contributed by atoms with Crippen molar-refractivity contribution in [3.63, 3.8) is 0 Å². The summed E-state index contributed by atoms with van der Waals surface area (Å²) in [5, 5.41) is 11.4. The first-order valence-corrected chi connectivity index (χ1v) is 7.55. The topological polar surface area (TPSA) is 82.4 Å². The monoisotopic (exact) mass is 315 g/mol. The average molecular weight is 315 g/mol. The van der Waals surface area contributed by atoms with Gasteiger partial charge in [-0.1, -0.05) is 0 Å². The van der Waals surface area contributed by atoms with Crippen molar-refractivity contribution in [1.82, 2.24) is 10.2 Å². The molecule has 2 amide bonds. The molecule has 1 saturated heterocycles. The Hall–Kier alpha value is -2.39. The van der Waals surface area contributed by atoms with Gasteiger partial charge in [0.1, 0.15) is 0 Å². The zero-order valence-corrected chi connectivity index (χ0v) is 13.6. The Morgan fingerprint density at radius 2 is 2.04 bits per heavy atom. The highest BCUT2D eigenvalue weighted by atomic mass is 16.5. The number of carbonyl (C=O) groups excluding carboxylic acids is 2. The Labute approximate surface area is 136 Å². The summed E-state index contributed by atoms with van der Waals surface area (Å²) < 4.78 is 5.76. The van der Waals surface area contributed by atoms with Gasteiger partial charge in [0.25, 0.3) is 5.91 Å². The highest BCUT2D eigenvalue weighted by Gasteiger charge is 2.33. The molecule has 6 nitrogen and oxygen atoms in total. The molecule has 0 radical (unpaired) electrons. The van der Waals surface area contributed by atoms with Crippen LogP contribution in [0.5, 0.6) is 0 Å². The summed E-state index contributed by atoms with van der Waals surface area (Å²) in [6.07, 6.45) is -0.0306. The first kappa shape index (κ1) is 17.0. The average Bonchev–Trinajstić information content (AvgIpc) is 2.50. The van der Waals surface area contributed by atoms with Crippen molar-refractivity contribution in [2.24, 2.45) is 0 Å². The Kier molecular flexibility index (Phi) is 5.02. The maximum absolute atomic E-state index is 12.3. The lowest BCUT2D eigenvalue weighted by molar-refractivity contribution is -0.157. The van der Waals surface area contributed by atoms with Gasteiger partial charge in [-0.2, -0.15) is 5.26 Å². The molecule has 6 heteroatoms. The van der Waals surface area contributed by atoms with E-state index in [0.29, 0.717) is 24.2 Å². The van der Waals surface area contributed by atoms with E-state index in [1.54, 1.807) is 29.2 Å². The number of ether oxygens (including phenoxy) is 1. The predicted molar refractivity (Wildman–Crippen MR) is 84.7 cm³/mol. The Balaban J connectivity index is 1.90. The highest BCUT2D eigenvalue weighted by Crippen LogP contribution is 2.20. The van der Waals surface area contributed by atoms with Gasteiger partial charge in [0, 0.05) is 18.7 Å². The SMILES string of the molecule is CC1CN(C(=O)CNC(=O)c2ccc(C#N)cc2)CC(C)(C)O1. The van der Waals surface area contributed by atoms with Crippen LogP contribution in [0.15, 0.2) is 24.3 Å². The van der Waals surface area contributed by atoms with Crippen molar-refractivity contribution in [3.8, 4) is 6.07 Å². The molecule has 1 atom stereocenters. The van der Waals surface area contributed by atoms with E-state index in [2.05, 4.69) is 5.32 Å². The van der Waals surface area contributed by atoms with Crippen LogP contribution in [0.3, 0.4) is 0 Å². The normalized spacial score (nSPS) is 19.7. The molecule has 1 fully saturated rings. The number of nitriles is 1. The van der Waals surface area contributed by atoms with Crippen molar-refractivity contribution in [2.75, 3.05) is 19.6 Å². The van der Waals surface area contributed by atoms with E-state index in [1.165, 1.54) is 0 Å². The fourth-order valence-electron chi connectivity index (χ4n) is 2.71.